The maximum atomic E-state index is 15.1. The number of fused-ring (bicyclic) bond motifs is 1. The number of carbonyl (C=O) groups excluding carboxylic acids is 1. The fraction of sp³-hybridized carbons (Fsp3) is 0.364. The molecule has 180 valence electrons. The number of nitrogens with one attached hydrogen (secondary N) is 3. The van der Waals surface area contributed by atoms with Gasteiger partial charge in [-0.25, -0.2) is 29.1 Å². The molecule has 4 aromatic heterocycles. The average Bonchev–Trinajstić information content (AvgIpc) is 3.22. The van der Waals surface area contributed by atoms with Crippen LogP contribution in [0.3, 0.4) is 0 Å². The maximum Gasteiger partial charge on any atom is 0.408 e. The van der Waals surface area contributed by atoms with Gasteiger partial charge in [0.15, 0.2) is 18.1 Å². The van der Waals surface area contributed by atoms with Crippen molar-refractivity contribution in [3.05, 3.63) is 48.9 Å². The molecule has 1 aliphatic heterocycles. The third-order valence-electron chi connectivity index (χ3n) is 6.14. The van der Waals surface area contributed by atoms with E-state index < -0.39 is 24.5 Å². The summed E-state index contributed by atoms with van der Waals surface area (Å²) in [6, 6.07) is 3.45. The quantitative estimate of drug-likeness (QED) is 0.380. The van der Waals surface area contributed by atoms with Gasteiger partial charge in [0.05, 0.1) is 18.0 Å². The first-order valence-electron chi connectivity index (χ1n) is 11.1. The second kappa shape index (κ2) is 8.27. The maximum absolute atomic E-state index is 15.1. The normalized spacial score (nSPS) is 22.7. The standard InChI is InChI=1S/C22H22FN9O3/c1-22(2-3-22)29-21(33)35-15-10-34-19(18(15)23)14-6-16(31-30-14)28-20-27-13(12-8-24-11-25-9-12)7-17-26-4-5-32(17)20/h4-9,11,15,18-19H,2-3,10H2,1H3,(H,29,33)(H2,27,28,30,31)/t15-,18-,19-/m1/s1. The molecule has 2 aliphatic rings. The average molecular weight is 479 g/mol. The predicted molar refractivity (Wildman–Crippen MR) is 121 cm³/mol. The van der Waals surface area contributed by atoms with Crippen LogP contribution in [0.25, 0.3) is 16.9 Å². The van der Waals surface area contributed by atoms with Crippen molar-refractivity contribution in [1.82, 2.24) is 39.9 Å². The van der Waals surface area contributed by atoms with E-state index in [0.717, 1.165) is 18.4 Å². The fourth-order valence-corrected chi connectivity index (χ4v) is 3.92. The van der Waals surface area contributed by atoms with E-state index in [2.05, 4.69) is 40.8 Å². The van der Waals surface area contributed by atoms with Crippen molar-refractivity contribution in [1.29, 1.82) is 0 Å². The van der Waals surface area contributed by atoms with Gasteiger partial charge in [0.25, 0.3) is 0 Å². The number of carbonyl (C=O) groups is 1. The minimum Gasteiger partial charge on any atom is -0.441 e. The first-order chi connectivity index (χ1) is 17.0. The van der Waals surface area contributed by atoms with Gasteiger partial charge in [-0.1, -0.05) is 0 Å². The predicted octanol–water partition coefficient (Wildman–Crippen LogP) is 2.71. The Hall–Kier alpha value is -4.13. The number of alkyl halides is 1. The molecule has 1 saturated carbocycles. The molecule has 0 radical (unpaired) electrons. The topological polar surface area (TPSA) is 144 Å². The van der Waals surface area contributed by atoms with Crippen molar-refractivity contribution < 1.29 is 18.7 Å². The zero-order valence-corrected chi connectivity index (χ0v) is 18.7. The highest BCUT2D eigenvalue weighted by Gasteiger charge is 2.44. The largest absolute Gasteiger partial charge is 0.441 e. The van der Waals surface area contributed by atoms with E-state index in [0.29, 0.717) is 28.8 Å². The van der Waals surface area contributed by atoms with Crippen LogP contribution in [-0.4, -0.2) is 65.0 Å². The summed E-state index contributed by atoms with van der Waals surface area (Å²) >= 11 is 0. The molecule has 13 heteroatoms. The molecular weight excluding hydrogens is 457 g/mol. The molecule has 0 bridgehead atoms. The lowest BCUT2D eigenvalue weighted by Gasteiger charge is -2.17. The Balaban J connectivity index is 1.18. The van der Waals surface area contributed by atoms with Gasteiger partial charge in [-0.15, -0.1) is 0 Å². The second-order valence-corrected chi connectivity index (χ2v) is 8.91. The van der Waals surface area contributed by atoms with Crippen LogP contribution in [0.2, 0.25) is 0 Å². The molecular formula is C22H22FN9O3. The monoisotopic (exact) mass is 479 g/mol. The number of amides is 1. The molecule has 12 nitrogen and oxygen atoms in total. The lowest BCUT2D eigenvalue weighted by Crippen LogP contribution is -2.39. The lowest BCUT2D eigenvalue weighted by molar-refractivity contribution is 0.0604. The molecule has 0 spiro atoms. The third kappa shape index (κ3) is 4.25. The van der Waals surface area contributed by atoms with Gasteiger partial charge in [0.2, 0.25) is 5.95 Å². The SMILES string of the molecule is CC1(NC(=O)O[C@@H]2CO[C@H](c3cc(Nc4nc(-c5cncnc5)cc5nccn45)n[nH]3)[C@@H]2F)CC1. The van der Waals surface area contributed by atoms with Gasteiger partial charge < -0.3 is 20.1 Å². The number of nitrogens with zero attached hydrogens (tertiary/aromatic N) is 6. The Kier molecular flexibility index (Phi) is 5.06. The minimum atomic E-state index is -1.54. The van der Waals surface area contributed by atoms with Crippen LogP contribution in [-0.2, 0) is 9.47 Å². The number of hydrogen-bond donors (Lipinski definition) is 3. The van der Waals surface area contributed by atoms with Crippen LogP contribution in [0.15, 0.2) is 43.2 Å². The summed E-state index contributed by atoms with van der Waals surface area (Å²) < 4.78 is 27.7. The summed E-state index contributed by atoms with van der Waals surface area (Å²) in [6.45, 7) is 1.88. The summed E-state index contributed by atoms with van der Waals surface area (Å²) in [4.78, 5) is 29.1. The number of anilines is 2. The summed E-state index contributed by atoms with van der Waals surface area (Å²) in [7, 11) is 0. The number of rotatable bonds is 6. The van der Waals surface area contributed by atoms with Crippen LogP contribution in [0.1, 0.15) is 31.6 Å². The molecule has 2 fully saturated rings. The number of alkyl carbamates (subject to hydrolysis) is 1. The summed E-state index contributed by atoms with van der Waals surface area (Å²) in [5, 5.41) is 12.9. The molecule has 1 amide bonds. The fourth-order valence-electron chi connectivity index (χ4n) is 3.92. The zero-order chi connectivity index (χ0) is 24.0. The van der Waals surface area contributed by atoms with Gasteiger partial charge >= 0.3 is 6.09 Å². The summed E-state index contributed by atoms with van der Waals surface area (Å²) in [5.41, 5.74) is 2.19. The van der Waals surface area contributed by atoms with E-state index in [1.165, 1.54) is 6.33 Å². The van der Waals surface area contributed by atoms with Crippen molar-refractivity contribution in [2.75, 3.05) is 11.9 Å². The van der Waals surface area contributed by atoms with Gasteiger partial charge in [-0.3, -0.25) is 9.50 Å². The molecule has 1 saturated heterocycles. The number of aromatic amines is 1. The second-order valence-electron chi connectivity index (χ2n) is 8.91. The number of hydrogen-bond acceptors (Lipinski definition) is 9. The van der Waals surface area contributed by atoms with Crippen molar-refractivity contribution >= 4 is 23.5 Å². The van der Waals surface area contributed by atoms with E-state index in [9.17, 15) is 4.79 Å². The Labute approximate surface area is 198 Å². The Morgan fingerprint density at radius 3 is 2.94 bits per heavy atom. The van der Waals surface area contributed by atoms with Crippen LogP contribution in [0, 0.1) is 0 Å². The van der Waals surface area contributed by atoms with Crippen LogP contribution < -0.4 is 10.6 Å². The highest BCUT2D eigenvalue weighted by molar-refractivity contribution is 5.69. The van der Waals surface area contributed by atoms with Gasteiger partial charge in [-0.2, -0.15) is 5.10 Å². The lowest BCUT2D eigenvalue weighted by atomic mass is 10.1. The smallest absolute Gasteiger partial charge is 0.408 e. The first kappa shape index (κ1) is 21.4. The molecule has 6 rings (SSSR count). The molecule has 3 atom stereocenters. The minimum absolute atomic E-state index is 0.0455. The van der Waals surface area contributed by atoms with E-state index in [-0.39, 0.29) is 12.1 Å². The summed E-state index contributed by atoms with van der Waals surface area (Å²) in [5.74, 6) is 0.857. The highest BCUT2D eigenvalue weighted by atomic mass is 19.1. The van der Waals surface area contributed by atoms with Crippen molar-refractivity contribution in [2.45, 2.75) is 43.7 Å². The van der Waals surface area contributed by atoms with Crippen molar-refractivity contribution in [3.63, 3.8) is 0 Å². The van der Waals surface area contributed by atoms with E-state index in [1.54, 1.807) is 35.3 Å². The molecule has 1 aliphatic carbocycles. The van der Waals surface area contributed by atoms with Crippen LogP contribution >= 0.6 is 0 Å². The molecule has 5 heterocycles. The third-order valence-corrected chi connectivity index (χ3v) is 6.14. The van der Waals surface area contributed by atoms with Crippen molar-refractivity contribution in [3.8, 4) is 11.3 Å². The zero-order valence-electron chi connectivity index (χ0n) is 18.7. The number of aromatic nitrogens is 7. The summed E-state index contributed by atoms with van der Waals surface area (Å²) in [6.07, 6.45) is 5.84. The van der Waals surface area contributed by atoms with Crippen LogP contribution in [0.4, 0.5) is 21.0 Å². The number of ether oxygens (including phenoxy) is 2. The van der Waals surface area contributed by atoms with Gasteiger partial charge in [0.1, 0.15) is 18.1 Å². The van der Waals surface area contributed by atoms with E-state index in [1.807, 2.05) is 13.0 Å². The molecule has 3 N–H and O–H groups in total. The molecule has 0 unspecified atom stereocenters. The van der Waals surface area contributed by atoms with E-state index >= 15 is 4.39 Å². The highest BCUT2D eigenvalue weighted by Crippen LogP contribution is 2.36. The number of imidazole rings is 1. The molecule has 35 heavy (non-hydrogen) atoms. The van der Waals surface area contributed by atoms with Gasteiger partial charge in [-0.05, 0) is 19.8 Å². The van der Waals surface area contributed by atoms with Gasteiger partial charge in [0, 0.05) is 48.0 Å². The molecule has 0 aromatic carbocycles. The Morgan fingerprint density at radius 2 is 2.14 bits per heavy atom. The Bertz CT molecular complexity index is 1370. The molecule has 4 aromatic rings. The Morgan fingerprint density at radius 1 is 1.31 bits per heavy atom. The van der Waals surface area contributed by atoms with Crippen LogP contribution in [0.5, 0.6) is 0 Å². The number of halogens is 1. The first-order valence-corrected chi connectivity index (χ1v) is 11.1. The van der Waals surface area contributed by atoms with E-state index in [4.69, 9.17) is 9.47 Å². The van der Waals surface area contributed by atoms with Crippen molar-refractivity contribution in [2.24, 2.45) is 0 Å². The number of H-pyrrole nitrogens is 1.